The van der Waals surface area contributed by atoms with Crippen LogP contribution in [-0.2, 0) is 19.3 Å². The molecule has 0 amide bonds. The minimum atomic E-state index is -0.874. The zero-order chi connectivity index (χ0) is 16.5. The second-order valence-corrected chi connectivity index (χ2v) is 6.00. The van der Waals surface area contributed by atoms with Crippen LogP contribution in [0.4, 0.5) is 0 Å². The third-order valence-electron chi connectivity index (χ3n) is 4.19. The molecule has 0 aliphatic heterocycles. The Balaban J connectivity index is 3.34. The van der Waals surface area contributed by atoms with Crippen LogP contribution in [0, 0.1) is 0 Å². The summed E-state index contributed by atoms with van der Waals surface area (Å²) in [6, 6.07) is 1.70. The highest BCUT2D eigenvalue weighted by Crippen LogP contribution is 2.33. The number of unbranched alkanes of at least 4 members (excludes halogenated alkanes) is 3. The fourth-order valence-electron chi connectivity index (χ4n) is 2.84. The molecule has 0 atom stereocenters. The van der Waals surface area contributed by atoms with E-state index in [-0.39, 0.29) is 0 Å². The number of hydrogen-bond donors (Lipinski definition) is 2. The fraction of sp³-hybridized carbons (Fsp3) is 0.632. The summed E-state index contributed by atoms with van der Waals surface area (Å²) in [7, 11) is 0. The zero-order valence-electron chi connectivity index (χ0n) is 14.2. The summed E-state index contributed by atoms with van der Waals surface area (Å²) in [5.41, 5.74) is 2.91. The van der Waals surface area contributed by atoms with Gasteiger partial charge in [0.1, 0.15) is 5.75 Å². The first-order valence-electron chi connectivity index (χ1n) is 8.66. The van der Waals surface area contributed by atoms with Crippen molar-refractivity contribution >= 4 is 5.97 Å². The molecule has 1 rings (SSSR count). The summed E-state index contributed by atoms with van der Waals surface area (Å²) in [6.45, 7) is 6.31. The standard InChI is InChI=1S/C19H30O3/c1-4-7-10-14-13-17(19(21)22)15(11-8-5-2)16(18(14)20)12-9-6-3/h13,20H,4-12H2,1-3H3,(H,21,22). The molecule has 0 fully saturated rings. The molecular formula is C19H30O3. The van der Waals surface area contributed by atoms with Crippen LogP contribution < -0.4 is 0 Å². The van der Waals surface area contributed by atoms with E-state index in [1.54, 1.807) is 6.07 Å². The van der Waals surface area contributed by atoms with Crippen molar-refractivity contribution in [2.45, 2.75) is 78.6 Å². The van der Waals surface area contributed by atoms with Gasteiger partial charge in [-0.1, -0.05) is 40.0 Å². The Morgan fingerprint density at radius 3 is 1.91 bits per heavy atom. The molecule has 1 aromatic carbocycles. The van der Waals surface area contributed by atoms with Crippen molar-refractivity contribution in [2.75, 3.05) is 0 Å². The molecule has 0 aliphatic carbocycles. The van der Waals surface area contributed by atoms with Crippen molar-refractivity contribution in [3.8, 4) is 5.75 Å². The predicted octanol–water partition coefficient (Wildman–Crippen LogP) is 5.12. The van der Waals surface area contributed by atoms with Crippen molar-refractivity contribution in [3.05, 3.63) is 28.3 Å². The topological polar surface area (TPSA) is 57.5 Å². The number of benzene rings is 1. The Morgan fingerprint density at radius 1 is 0.909 bits per heavy atom. The third-order valence-corrected chi connectivity index (χ3v) is 4.19. The Kier molecular flexibility index (Phi) is 8.00. The molecule has 0 unspecified atom stereocenters. The van der Waals surface area contributed by atoms with E-state index in [9.17, 15) is 15.0 Å². The highest BCUT2D eigenvalue weighted by Gasteiger charge is 2.20. The SMILES string of the molecule is CCCCc1cc(C(=O)O)c(CCCC)c(CCCC)c1O. The number of aryl methyl sites for hydroxylation is 1. The molecular weight excluding hydrogens is 276 g/mol. The van der Waals surface area contributed by atoms with Crippen molar-refractivity contribution in [1.29, 1.82) is 0 Å². The lowest BCUT2D eigenvalue weighted by atomic mass is 9.88. The van der Waals surface area contributed by atoms with Gasteiger partial charge in [0.15, 0.2) is 0 Å². The van der Waals surface area contributed by atoms with E-state index in [1.165, 1.54) is 0 Å². The normalized spacial score (nSPS) is 10.9. The number of carbonyl (C=O) groups is 1. The van der Waals surface area contributed by atoms with Crippen LogP contribution in [-0.4, -0.2) is 16.2 Å². The van der Waals surface area contributed by atoms with Crippen LogP contribution >= 0.6 is 0 Å². The first-order chi connectivity index (χ1) is 10.6. The molecule has 2 N–H and O–H groups in total. The zero-order valence-corrected chi connectivity index (χ0v) is 14.2. The lowest BCUT2D eigenvalue weighted by molar-refractivity contribution is 0.0695. The van der Waals surface area contributed by atoms with E-state index in [1.807, 2.05) is 0 Å². The Bertz CT molecular complexity index is 492. The highest BCUT2D eigenvalue weighted by molar-refractivity contribution is 5.90. The summed E-state index contributed by atoms with van der Waals surface area (Å²) >= 11 is 0. The van der Waals surface area contributed by atoms with E-state index < -0.39 is 5.97 Å². The quantitative estimate of drug-likeness (QED) is 0.631. The summed E-state index contributed by atoms with van der Waals surface area (Å²) in [5.74, 6) is -0.528. The Labute approximate surface area is 134 Å². The van der Waals surface area contributed by atoms with E-state index in [0.29, 0.717) is 11.3 Å². The van der Waals surface area contributed by atoms with Crippen molar-refractivity contribution in [2.24, 2.45) is 0 Å². The maximum atomic E-state index is 11.7. The van der Waals surface area contributed by atoms with Gasteiger partial charge in [0.05, 0.1) is 5.56 Å². The number of aromatic carboxylic acids is 1. The number of phenolic OH excluding ortho intramolecular Hbond substituents is 1. The van der Waals surface area contributed by atoms with Gasteiger partial charge < -0.3 is 10.2 Å². The van der Waals surface area contributed by atoms with Crippen molar-refractivity contribution in [1.82, 2.24) is 0 Å². The molecule has 0 saturated heterocycles. The third kappa shape index (κ3) is 4.75. The second-order valence-electron chi connectivity index (χ2n) is 6.00. The largest absolute Gasteiger partial charge is 0.507 e. The van der Waals surface area contributed by atoms with Crippen LogP contribution in [0.25, 0.3) is 0 Å². The van der Waals surface area contributed by atoms with Crippen molar-refractivity contribution in [3.63, 3.8) is 0 Å². The summed E-state index contributed by atoms with van der Waals surface area (Å²) in [5, 5.41) is 20.2. The molecule has 22 heavy (non-hydrogen) atoms. The highest BCUT2D eigenvalue weighted by atomic mass is 16.4. The van der Waals surface area contributed by atoms with Gasteiger partial charge in [-0.15, -0.1) is 0 Å². The number of aromatic hydroxyl groups is 1. The van der Waals surface area contributed by atoms with E-state index in [4.69, 9.17) is 0 Å². The average molecular weight is 306 g/mol. The van der Waals surface area contributed by atoms with Crippen molar-refractivity contribution < 1.29 is 15.0 Å². The van der Waals surface area contributed by atoms with Gasteiger partial charge in [-0.25, -0.2) is 4.79 Å². The van der Waals surface area contributed by atoms with Gasteiger partial charge in [0.25, 0.3) is 0 Å². The van der Waals surface area contributed by atoms with Gasteiger partial charge in [-0.2, -0.15) is 0 Å². The van der Waals surface area contributed by atoms with E-state index in [2.05, 4.69) is 20.8 Å². The molecule has 0 radical (unpaired) electrons. The Morgan fingerprint density at radius 2 is 1.41 bits per heavy atom. The summed E-state index contributed by atoms with van der Waals surface area (Å²) < 4.78 is 0. The first-order valence-corrected chi connectivity index (χ1v) is 8.66. The molecule has 1 aromatic rings. The van der Waals surface area contributed by atoms with E-state index >= 15 is 0 Å². The number of rotatable bonds is 10. The van der Waals surface area contributed by atoms with Crippen LogP contribution in [0.15, 0.2) is 6.07 Å². The van der Waals surface area contributed by atoms with Crippen LogP contribution in [0.5, 0.6) is 5.75 Å². The molecule has 0 saturated carbocycles. The molecule has 0 aromatic heterocycles. The Hall–Kier alpha value is -1.51. The van der Waals surface area contributed by atoms with E-state index in [0.717, 1.165) is 74.5 Å². The maximum absolute atomic E-state index is 11.7. The smallest absolute Gasteiger partial charge is 0.335 e. The number of carboxylic acid groups (broad SMARTS) is 1. The molecule has 0 heterocycles. The fourth-order valence-corrected chi connectivity index (χ4v) is 2.84. The maximum Gasteiger partial charge on any atom is 0.335 e. The molecule has 0 bridgehead atoms. The minimum absolute atomic E-state index is 0.345. The van der Waals surface area contributed by atoms with Crippen LogP contribution in [0.3, 0.4) is 0 Å². The van der Waals surface area contributed by atoms with Gasteiger partial charge in [-0.05, 0) is 61.3 Å². The van der Waals surface area contributed by atoms with Crippen LogP contribution in [0.2, 0.25) is 0 Å². The molecule has 0 spiro atoms. The number of hydrogen-bond acceptors (Lipinski definition) is 2. The summed E-state index contributed by atoms with van der Waals surface area (Å²) in [6.07, 6.45) is 8.23. The first kappa shape index (κ1) is 18.5. The molecule has 0 aliphatic rings. The predicted molar refractivity (Wildman–Crippen MR) is 90.9 cm³/mol. The van der Waals surface area contributed by atoms with Gasteiger partial charge in [0.2, 0.25) is 0 Å². The number of phenols is 1. The molecule has 124 valence electrons. The number of carboxylic acids is 1. The molecule has 3 nitrogen and oxygen atoms in total. The monoisotopic (exact) mass is 306 g/mol. The van der Waals surface area contributed by atoms with Crippen LogP contribution in [0.1, 0.15) is 86.3 Å². The molecule has 3 heteroatoms. The van der Waals surface area contributed by atoms with Gasteiger partial charge in [0, 0.05) is 0 Å². The summed E-state index contributed by atoms with van der Waals surface area (Å²) in [4.78, 5) is 11.7. The lowest BCUT2D eigenvalue weighted by Crippen LogP contribution is -2.09. The average Bonchev–Trinajstić information content (AvgIpc) is 2.50. The lowest BCUT2D eigenvalue weighted by Gasteiger charge is -2.18. The second kappa shape index (κ2) is 9.50. The van der Waals surface area contributed by atoms with Gasteiger partial charge in [-0.3, -0.25) is 0 Å². The van der Waals surface area contributed by atoms with Gasteiger partial charge >= 0.3 is 5.97 Å². The minimum Gasteiger partial charge on any atom is -0.507 e.